The highest BCUT2D eigenvalue weighted by molar-refractivity contribution is 7.91. The van der Waals surface area contributed by atoms with Crippen molar-refractivity contribution < 1.29 is 22.7 Å². The molecule has 1 heterocycles. The van der Waals surface area contributed by atoms with Gasteiger partial charge in [0, 0.05) is 17.4 Å². The Kier molecular flexibility index (Phi) is 6.31. The smallest absolute Gasteiger partial charge is 0.358 e. The number of sulfone groups is 1. The second-order valence-electron chi connectivity index (χ2n) is 6.29. The van der Waals surface area contributed by atoms with Gasteiger partial charge in [0.2, 0.25) is 0 Å². The molecule has 0 aliphatic carbocycles. The van der Waals surface area contributed by atoms with E-state index in [1.165, 1.54) is 28.9 Å². The van der Waals surface area contributed by atoms with Crippen LogP contribution in [-0.2, 0) is 14.6 Å². The first-order valence-electron chi connectivity index (χ1n) is 9.31. The van der Waals surface area contributed by atoms with Gasteiger partial charge in [0.15, 0.2) is 15.5 Å². The lowest BCUT2D eigenvalue weighted by Crippen LogP contribution is -2.12. The molecule has 0 spiro atoms. The molecule has 3 aromatic rings. The number of benzene rings is 2. The van der Waals surface area contributed by atoms with Crippen molar-refractivity contribution >= 4 is 27.4 Å². The number of nitrogens with one attached hydrogen (secondary N) is 1. The maximum Gasteiger partial charge on any atom is 0.358 e. The molecule has 0 unspecified atom stereocenters. The van der Waals surface area contributed by atoms with E-state index in [1.54, 1.807) is 50.4 Å². The van der Waals surface area contributed by atoms with Crippen LogP contribution in [0.5, 0.6) is 0 Å². The van der Waals surface area contributed by atoms with Crippen molar-refractivity contribution in [3.63, 3.8) is 0 Å². The van der Waals surface area contributed by atoms with Crippen LogP contribution in [0.1, 0.15) is 34.7 Å². The van der Waals surface area contributed by atoms with E-state index in [4.69, 9.17) is 4.74 Å². The minimum atomic E-state index is -3.31. The van der Waals surface area contributed by atoms with Gasteiger partial charge in [-0.25, -0.2) is 17.9 Å². The Balaban J connectivity index is 1.68. The van der Waals surface area contributed by atoms with E-state index in [2.05, 4.69) is 10.4 Å². The van der Waals surface area contributed by atoms with Gasteiger partial charge in [-0.05, 0) is 61.5 Å². The van der Waals surface area contributed by atoms with E-state index in [1.807, 2.05) is 0 Å². The van der Waals surface area contributed by atoms with Gasteiger partial charge in [0.05, 0.1) is 22.9 Å². The first-order valence-corrected chi connectivity index (χ1v) is 11.0. The Bertz CT molecular complexity index is 1150. The second kappa shape index (κ2) is 8.91. The van der Waals surface area contributed by atoms with Crippen molar-refractivity contribution in [2.24, 2.45) is 0 Å². The van der Waals surface area contributed by atoms with Gasteiger partial charge in [0.1, 0.15) is 0 Å². The standard InChI is InChI=1S/C21H21N3O5S/c1-3-29-21(26)19-13-14-24(23-19)17-9-7-16(8-10-17)22-20(25)15-5-11-18(12-6-15)30(27,28)4-2/h5-14H,3-4H2,1-2H3,(H,22,25). The summed E-state index contributed by atoms with van der Waals surface area (Å²) in [6.45, 7) is 3.57. The highest BCUT2D eigenvalue weighted by atomic mass is 32.2. The van der Waals surface area contributed by atoms with E-state index < -0.39 is 15.8 Å². The van der Waals surface area contributed by atoms with Gasteiger partial charge in [-0.1, -0.05) is 6.92 Å². The third kappa shape index (κ3) is 4.74. The Labute approximate surface area is 174 Å². The maximum absolute atomic E-state index is 12.4. The van der Waals surface area contributed by atoms with Crippen LogP contribution >= 0.6 is 0 Å². The Morgan fingerprint density at radius 2 is 1.67 bits per heavy atom. The molecule has 2 aromatic carbocycles. The number of carbonyl (C=O) groups is 2. The molecule has 3 rings (SSSR count). The fourth-order valence-electron chi connectivity index (χ4n) is 2.66. The summed E-state index contributed by atoms with van der Waals surface area (Å²) in [7, 11) is -3.31. The number of aromatic nitrogens is 2. The number of anilines is 1. The molecule has 0 saturated carbocycles. The monoisotopic (exact) mass is 427 g/mol. The topological polar surface area (TPSA) is 107 Å². The van der Waals surface area contributed by atoms with Crippen molar-refractivity contribution in [2.75, 3.05) is 17.7 Å². The Morgan fingerprint density at radius 1 is 1.00 bits per heavy atom. The highest BCUT2D eigenvalue weighted by Gasteiger charge is 2.14. The number of nitrogens with zero attached hydrogens (tertiary/aromatic N) is 2. The molecule has 0 atom stereocenters. The molecule has 0 radical (unpaired) electrons. The molecule has 0 aliphatic heterocycles. The molecule has 0 saturated heterocycles. The first kappa shape index (κ1) is 21.3. The normalized spacial score (nSPS) is 11.1. The molecule has 1 aromatic heterocycles. The number of esters is 1. The van der Waals surface area contributed by atoms with Gasteiger partial charge in [-0.2, -0.15) is 5.10 Å². The molecule has 1 N–H and O–H groups in total. The number of amides is 1. The van der Waals surface area contributed by atoms with Crippen LogP contribution in [0.25, 0.3) is 5.69 Å². The Morgan fingerprint density at radius 3 is 2.27 bits per heavy atom. The molecular weight excluding hydrogens is 406 g/mol. The number of rotatable bonds is 7. The van der Waals surface area contributed by atoms with Gasteiger partial charge in [-0.3, -0.25) is 4.79 Å². The fraction of sp³-hybridized carbons (Fsp3) is 0.190. The number of carbonyl (C=O) groups excluding carboxylic acids is 2. The molecule has 0 fully saturated rings. The predicted octanol–water partition coefficient (Wildman–Crippen LogP) is 3.09. The minimum Gasteiger partial charge on any atom is -0.461 e. The number of ether oxygens (including phenoxy) is 1. The predicted molar refractivity (Wildman–Crippen MR) is 112 cm³/mol. The van der Waals surface area contributed by atoms with Crippen LogP contribution in [0.2, 0.25) is 0 Å². The molecule has 0 aliphatic rings. The van der Waals surface area contributed by atoms with Gasteiger partial charge < -0.3 is 10.1 Å². The zero-order chi connectivity index (χ0) is 21.7. The molecule has 30 heavy (non-hydrogen) atoms. The van der Waals surface area contributed by atoms with Gasteiger partial charge >= 0.3 is 5.97 Å². The summed E-state index contributed by atoms with van der Waals surface area (Å²) in [5.74, 6) is -0.840. The van der Waals surface area contributed by atoms with E-state index in [9.17, 15) is 18.0 Å². The average Bonchev–Trinajstić information content (AvgIpc) is 3.25. The van der Waals surface area contributed by atoms with Crippen LogP contribution in [-0.4, -0.2) is 42.4 Å². The van der Waals surface area contributed by atoms with E-state index in [0.717, 1.165) is 0 Å². The van der Waals surface area contributed by atoms with Crippen LogP contribution in [0, 0.1) is 0 Å². The minimum absolute atomic E-state index is 0.00241. The average molecular weight is 427 g/mol. The zero-order valence-electron chi connectivity index (χ0n) is 16.5. The zero-order valence-corrected chi connectivity index (χ0v) is 17.3. The lowest BCUT2D eigenvalue weighted by molar-refractivity contribution is 0.0518. The summed E-state index contributed by atoms with van der Waals surface area (Å²) in [6.07, 6.45) is 1.64. The summed E-state index contributed by atoms with van der Waals surface area (Å²) in [6, 6.07) is 14.3. The van der Waals surface area contributed by atoms with E-state index in [-0.39, 0.29) is 28.9 Å². The lowest BCUT2D eigenvalue weighted by atomic mass is 10.2. The fourth-order valence-corrected chi connectivity index (χ4v) is 3.55. The van der Waals surface area contributed by atoms with Crippen molar-refractivity contribution in [2.45, 2.75) is 18.7 Å². The SMILES string of the molecule is CCOC(=O)c1ccn(-c2ccc(NC(=O)c3ccc(S(=O)(=O)CC)cc3)cc2)n1. The Hall–Kier alpha value is -3.46. The van der Waals surface area contributed by atoms with Gasteiger partial charge in [-0.15, -0.1) is 0 Å². The molecule has 156 valence electrons. The summed E-state index contributed by atoms with van der Waals surface area (Å²) in [4.78, 5) is 24.3. The maximum atomic E-state index is 12.4. The quantitative estimate of drug-likeness (QED) is 0.581. The summed E-state index contributed by atoms with van der Waals surface area (Å²) in [5, 5.41) is 6.94. The summed E-state index contributed by atoms with van der Waals surface area (Å²) in [5.41, 5.74) is 1.83. The number of hydrogen-bond donors (Lipinski definition) is 1. The van der Waals surface area contributed by atoms with Crippen LogP contribution in [0.3, 0.4) is 0 Å². The molecular formula is C21H21N3O5S. The molecule has 9 heteroatoms. The van der Waals surface area contributed by atoms with Gasteiger partial charge in [0.25, 0.3) is 5.91 Å². The molecule has 0 bridgehead atoms. The summed E-state index contributed by atoms with van der Waals surface area (Å²) < 4.78 is 30.2. The third-order valence-electron chi connectivity index (χ3n) is 4.32. The van der Waals surface area contributed by atoms with Crippen molar-refractivity contribution in [3.8, 4) is 5.69 Å². The van der Waals surface area contributed by atoms with Crippen molar-refractivity contribution in [3.05, 3.63) is 72.1 Å². The highest BCUT2D eigenvalue weighted by Crippen LogP contribution is 2.16. The lowest BCUT2D eigenvalue weighted by Gasteiger charge is -2.08. The first-order chi connectivity index (χ1) is 14.3. The third-order valence-corrected chi connectivity index (χ3v) is 6.07. The molecule has 8 nitrogen and oxygen atoms in total. The van der Waals surface area contributed by atoms with Crippen molar-refractivity contribution in [1.82, 2.24) is 9.78 Å². The van der Waals surface area contributed by atoms with Crippen LogP contribution < -0.4 is 5.32 Å². The number of hydrogen-bond acceptors (Lipinski definition) is 6. The van der Waals surface area contributed by atoms with Crippen molar-refractivity contribution in [1.29, 1.82) is 0 Å². The van der Waals surface area contributed by atoms with E-state index in [0.29, 0.717) is 16.9 Å². The second-order valence-corrected chi connectivity index (χ2v) is 8.57. The largest absolute Gasteiger partial charge is 0.461 e. The van der Waals surface area contributed by atoms with Crippen LogP contribution in [0.4, 0.5) is 5.69 Å². The van der Waals surface area contributed by atoms with E-state index >= 15 is 0 Å². The summed E-state index contributed by atoms with van der Waals surface area (Å²) >= 11 is 0. The van der Waals surface area contributed by atoms with Crippen LogP contribution in [0.15, 0.2) is 65.7 Å². The molecule has 1 amide bonds.